The van der Waals surface area contributed by atoms with E-state index in [-0.39, 0.29) is 0 Å². The van der Waals surface area contributed by atoms with Crippen molar-refractivity contribution in [2.45, 2.75) is 51.6 Å². The van der Waals surface area contributed by atoms with Crippen LogP contribution >= 0.6 is 0 Å². The SMILES string of the molecule is CC(C)C1CCCC(O)(Cc2cccnc2)C1. The summed E-state index contributed by atoms with van der Waals surface area (Å²) in [5.41, 5.74) is 0.648. The van der Waals surface area contributed by atoms with E-state index in [0.717, 1.165) is 31.2 Å². The Hall–Kier alpha value is -0.890. The Morgan fingerprint density at radius 3 is 3.00 bits per heavy atom. The summed E-state index contributed by atoms with van der Waals surface area (Å²) >= 11 is 0. The van der Waals surface area contributed by atoms with Gasteiger partial charge in [0.05, 0.1) is 5.60 Å². The van der Waals surface area contributed by atoms with Crippen LogP contribution in [0.15, 0.2) is 24.5 Å². The molecule has 2 atom stereocenters. The molecule has 0 radical (unpaired) electrons. The molecule has 1 aromatic rings. The topological polar surface area (TPSA) is 33.1 Å². The molecule has 1 aliphatic rings. The molecule has 17 heavy (non-hydrogen) atoms. The van der Waals surface area contributed by atoms with Gasteiger partial charge in [-0.25, -0.2) is 0 Å². The molecule has 0 saturated heterocycles. The molecule has 2 unspecified atom stereocenters. The standard InChI is InChI=1S/C15H23NO/c1-12(2)14-6-3-7-15(17,10-14)9-13-5-4-8-16-11-13/h4-5,8,11-12,14,17H,3,6-7,9-10H2,1-2H3. The second kappa shape index (κ2) is 5.18. The molecule has 1 fully saturated rings. The van der Waals surface area contributed by atoms with Crippen molar-refractivity contribution in [3.63, 3.8) is 0 Å². The largest absolute Gasteiger partial charge is 0.390 e. The van der Waals surface area contributed by atoms with Gasteiger partial charge in [0.25, 0.3) is 0 Å². The van der Waals surface area contributed by atoms with Gasteiger partial charge in [-0.3, -0.25) is 4.98 Å². The first kappa shape index (κ1) is 12.6. The predicted octanol–water partition coefficient (Wildman–Crippen LogP) is 3.20. The molecular weight excluding hydrogens is 210 g/mol. The monoisotopic (exact) mass is 233 g/mol. The van der Waals surface area contributed by atoms with E-state index in [4.69, 9.17) is 0 Å². The fourth-order valence-electron chi connectivity index (χ4n) is 3.00. The van der Waals surface area contributed by atoms with Gasteiger partial charge in [-0.15, -0.1) is 0 Å². The maximum absolute atomic E-state index is 10.7. The molecule has 1 N–H and O–H groups in total. The summed E-state index contributed by atoms with van der Waals surface area (Å²) in [7, 11) is 0. The molecule has 1 aromatic heterocycles. The Balaban J connectivity index is 2.03. The third kappa shape index (κ3) is 3.29. The quantitative estimate of drug-likeness (QED) is 0.869. The molecule has 2 heteroatoms. The van der Waals surface area contributed by atoms with Crippen LogP contribution in [0.3, 0.4) is 0 Å². The zero-order valence-electron chi connectivity index (χ0n) is 10.9. The molecule has 0 spiro atoms. The Kier molecular flexibility index (Phi) is 3.82. The first-order valence-electron chi connectivity index (χ1n) is 6.70. The van der Waals surface area contributed by atoms with Crippen LogP contribution in [0, 0.1) is 11.8 Å². The summed E-state index contributed by atoms with van der Waals surface area (Å²) in [6.45, 7) is 4.53. The van der Waals surface area contributed by atoms with E-state index in [1.165, 1.54) is 6.42 Å². The first-order chi connectivity index (χ1) is 8.09. The Labute approximate surface area is 104 Å². The Morgan fingerprint density at radius 1 is 1.53 bits per heavy atom. The van der Waals surface area contributed by atoms with Crippen molar-refractivity contribution in [2.24, 2.45) is 11.8 Å². The Morgan fingerprint density at radius 2 is 2.35 bits per heavy atom. The second-order valence-corrected chi connectivity index (χ2v) is 5.86. The van der Waals surface area contributed by atoms with Crippen molar-refractivity contribution in [3.8, 4) is 0 Å². The zero-order chi connectivity index (χ0) is 12.3. The molecule has 2 nitrogen and oxygen atoms in total. The van der Waals surface area contributed by atoms with Crippen molar-refractivity contribution in [1.82, 2.24) is 4.98 Å². The van der Waals surface area contributed by atoms with E-state index in [0.29, 0.717) is 11.8 Å². The van der Waals surface area contributed by atoms with E-state index in [1.54, 1.807) is 6.20 Å². The van der Waals surface area contributed by atoms with Crippen LogP contribution < -0.4 is 0 Å². The number of hydrogen-bond acceptors (Lipinski definition) is 2. The average molecular weight is 233 g/mol. The lowest BCUT2D eigenvalue weighted by molar-refractivity contribution is -0.0240. The summed E-state index contributed by atoms with van der Waals surface area (Å²) in [6.07, 6.45) is 8.71. The highest BCUT2D eigenvalue weighted by atomic mass is 16.3. The summed E-state index contributed by atoms with van der Waals surface area (Å²) in [5, 5.41) is 10.7. The predicted molar refractivity (Wildman–Crippen MR) is 69.7 cm³/mol. The van der Waals surface area contributed by atoms with Gasteiger partial charge in [-0.05, 0) is 42.7 Å². The van der Waals surface area contributed by atoms with Crippen molar-refractivity contribution >= 4 is 0 Å². The van der Waals surface area contributed by atoms with Crippen LogP contribution in [0.5, 0.6) is 0 Å². The van der Waals surface area contributed by atoms with Gasteiger partial charge in [0, 0.05) is 18.8 Å². The van der Waals surface area contributed by atoms with Crippen LogP contribution in [0.2, 0.25) is 0 Å². The summed E-state index contributed by atoms with van der Waals surface area (Å²) < 4.78 is 0. The van der Waals surface area contributed by atoms with E-state index < -0.39 is 5.60 Å². The van der Waals surface area contributed by atoms with Crippen molar-refractivity contribution in [2.75, 3.05) is 0 Å². The molecule has 1 saturated carbocycles. The lowest BCUT2D eigenvalue weighted by atomic mass is 9.71. The van der Waals surface area contributed by atoms with Crippen molar-refractivity contribution in [3.05, 3.63) is 30.1 Å². The normalized spacial score (nSPS) is 29.5. The fourth-order valence-corrected chi connectivity index (χ4v) is 3.00. The molecule has 0 amide bonds. The third-order valence-electron chi connectivity index (χ3n) is 4.06. The molecule has 1 heterocycles. The number of rotatable bonds is 3. The van der Waals surface area contributed by atoms with Gasteiger partial charge in [-0.2, -0.15) is 0 Å². The van der Waals surface area contributed by atoms with Gasteiger partial charge in [-0.1, -0.05) is 26.3 Å². The smallest absolute Gasteiger partial charge is 0.0691 e. The minimum Gasteiger partial charge on any atom is -0.390 e. The van der Waals surface area contributed by atoms with Crippen LogP contribution in [-0.4, -0.2) is 15.7 Å². The molecule has 94 valence electrons. The summed E-state index contributed by atoms with van der Waals surface area (Å²) in [5.74, 6) is 1.35. The zero-order valence-corrected chi connectivity index (χ0v) is 10.9. The van der Waals surface area contributed by atoms with E-state index in [1.807, 2.05) is 12.3 Å². The third-order valence-corrected chi connectivity index (χ3v) is 4.06. The lowest BCUT2D eigenvalue weighted by Crippen LogP contribution is -2.38. The van der Waals surface area contributed by atoms with Crippen LogP contribution in [0.4, 0.5) is 0 Å². The average Bonchev–Trinajstić information content (AvgIpc) is 2.29. The highest BCUT2D eigenvalue weighted by molar-refractivity contribution is 5.12. The van der Waals surface area contributed by atoms with Gasteiger partial charge < -0.3 is 5.11 Å². The first-order valence-corrected chi connectivity index (χ1v) is 6.70. The number of aromatic nitrogens is 1. The summed E-state index contributed by atoms with van der Waals surface area (Å²) in [4.78, 5) is 4.12. The molecule has 0 aliphatic heterocycles. The highest BCUT2D eigenvalue weighted by Crippen LogP contribution is 2.38. The van der Waals surface area contributed by atoms with Gasteiger partial charge in [0.2, 0.25) is 0 Å². The van der Waals surface area contributed by atoms with Crippen LogP contribution in [0.25, 0.3) is 0 Å². The maximum atomic E-state index is 10.7. The van der Waals surface area contributed by atoms with E-state index >= 15 is 0 Å². The van der Waals surface area contributed by atoms with Crippen LogP contribution in [0.1, 0.15) is 45.1 Å². The number of aliphatic hydroxyl groups is 1. The fraction of sp³-hybridized carbons (Fsp3) is 0.667. The molecule has 1 aliphatic carbocycles. The highest BCUT2D eigenvalue weighted by Gasteiger charge is 2.35. The van der Waals surface area contributed by atoms with Gasteiger partial charge in [0.1, 0.15) is 0 Å². The number of hydrogen-bond donors (Lipinski definition) is 1. The van der Waals surface area contributed by atoms with Crippen molar-refractivity contribution < 1.29 is 5.11 Å². The minimum absolute atomic E-state index is 0.504. The molecule has 0 aromatic carbocycles. The molecule has 0 bridgehead atoms. The van der Waals surface area contributed by atoms with E-state index in [2.05, 4.69) is 24.9 Å². The lowest BCUT2D eigenvalue weighted by Gasteiger charge is -2.38. The van der Waals surface area contributed by atoms with E-state index in [9.17, 15) is 5.11 Å². The number of pyridine rings is 1. The number of nitrogens with zero attached hydrogens (tertiary/aromatic N) is 1. The molecular formula is C15H23NO. The van der Waals surface area contributed by atoms with Gasteiger partial charge >= 0.3 is 0 Å². The van der Waals surface area contributed by atoms with Crippen molar-refractivity contribution in [1.29, 1.82) is 0 Å². The second-order valence-electron chi connectivity index (χ2n) is 5.86. The minimum atomic E-state index is -0.504. The molecule has 2 rings (SSSR count). The Bertz CT molecular complexity index is 349. The van der Waals surface area contributed by atoms with Gasteiger partial charge in [0.15, 0.2) is 0 Å². The summed E-state index contributed by atoms with van der Waals surface area (Å²) in [6, 6.07) is 4.01. The van der Waals surface area contributed by atoms with Crippen LogP contribution in [-0.2, 0) is 6.42 Å². The maximum Gasteiger partial charge on any atom is 0.0691 e.